The number of amides is 1. The summed E-state index contributed by atoms with van der Waals surface area (Å²) < 4.78 is 37.5. The molecule has 9 heteroatoms. The van der Waals surface area contributed by atoms with Gasteiger partial charge in [-0.05, 0) is 13.1 Å². The molecule has 1 fully saturated rings. The summed E-state index contributed by atoms with van der Waals surface area (Å²) in [4.78, 5) is 19.6. The van der Waals surface area contributed by atoms with Gasteiger partial charge < -0.3 is 10.2 Å². The van der Waals surface area contributed by atoms with Crippen LogP contribution in [-0.4, -0.2) is 60.5 Å². The van der Waals surface area contributed by atoms with Gasteiger partial charge in [-0.25, -0.2) is 4.98 Å². The molecule has 5 nitrogen and oxygen atoms in total. The Morgan fingerprint density at radius 2 is 2.00 bits per heavy atom. The lowest BCUT2D eigenvalue weighted by Gasteiger charge is -2.31. The van der Waals surface area contributed by atoms with Crippen LogP contribution in [0.15, 0.2) is 12.3 Å². The number of nitrogens with zero attached hydrogens (tertiary/aromatic N) is 3. The number of halogens is 4. The maximum Gasteiger partial charge on any atom is 0.417 e. The number of rotatable bonds is 3. The molecule has 0 aromatic carbocycles. The van der Waals surface area contributed by atoms with Gasteiger partial charge in [0.25, 0.3) is 0 Å². The Balaban J connectivity index is 1.94. The van der Waals surface area contributed by atoms with Gasteiger partial charge in [0.05, 0.1) is 17.1 Å². The van der Waals surface area contributed by atoms with Crippen molar-refractivity contribution in [2.75, 3.05) is 45.1 Å². The molecular weight excluding hydrogens is 321 g/mol. The summed E-state index contributed by atoms with van der Waals surface area (Å²) in [5.74, 6) is -0.410. The molecule has 0 atom stereocenters. The molecule has 22 heavy (non-hydrogen) atoms. The van der Waals surface area contributed by atoms with Gasteiger partial charge in [0.1, 0.15) is 0 Å². The molecule has 1 amide bonds. The van der Waals surface area contributed by atoms with Gasteiger partial charge in [-0.1, -0.05) is 11.6 Å². The highest BCUT2D eigenvalue weighted by Crippen LogP contribution is 2.32. The van der Waals surface area contributed by atoms with E-state index < -0.39 is 11.7 Å². The van der Waals surface area contributed by atoms with E-state index >= 15 is 0 Å². The van der Waals surface area contributed by atoms with Gasteiger partial charge in [0.2, 0.25) is 5.91 Å². The minimum Gasteiger partial charge on any atom is -0.308 e. The molecule has 0 radical (unpaired) electrons. The summed E-state index contributed by atoms with van der Waals surface area (Å²) in [5.41, 5.74) is -0.949. The Kier molecular flexibility index (Phi) is 5.25. The number of hydrogen-bond acceptors (Lipinski definition) is 4. The van der Waals surface area contributed by atoms with E-state index in [9.17, 15) is 18.0 Å². The third-order valence-corrected chi connectivity index (χ3v) is 3.68. The summed E-state index contributed by atoms with van der Waals surface area (Å²) in [6.07, 6.45) is -3.86. The second kappa shape index (κ2) is 6.80. The molecule has 122 valence electrons. The first-order valence-electron chi connectivity index (χ1n) is 6.69. The van der Waals surface area contributed by atoms with Crippen molar-refractivity contribution in [1.82, 2.24) is 14.8 Å². The molecule has 0 unspecified atom stereocenters. The van der Waals surface area contributed by atoms with E-state index in [1.54, 1.807) is 0 Å². The zero-order chi connectivity index (χ0) is 16.3. The highest BCUT2D eigenvalue weighted by molar-refractivity contribution is 6.33. The van der Waals surface area contributed by atoms with Gasteiger partial charge in [0, 0.05) is 32.4 Å². The molecule has 1 aliphatic heterocycles. The summed E-state index contributed by atoms with van der Waals surface area (Å²) in [5, 5.41) is 2.21. The fourth-order valence-corrected chi connectivity index (χ4v) is 2.28. The molecule has 1 aliphatic rings. The molecule has 2 rings (SSSR count). The molecule has 1 saturated heterocycles. The van der Waals surface area contributed by atoms with Gasteiger partial charge in [0.15, 0.2) is 5.82 Å². The number of piperazine rings is 1. The highest BCUT2D eigenvalue weighted by Gasteiger charge is 2.31. The Morgan fingerprint density at radius 1 is 1.36 bits per heavy atom. The first-order valence-corrected chi connectivity index (χ1v) is 7.07. The predicted octanol–water partition coefficient (Wildman–Crippen LogP) is 1.94. The number of alkyl halides is 3. The minimum absolute atomic E-state index is 0.0613. The van der Waals surface area contributed by atoms with Crippen molar-refractivity contribution < 1.29 is 18.0 Å². The van der Waals surface area contributed by atoms with Crippen LogP contribution in [0.2, 0.25) is 5.02 Å². The summed E-state index contributed by atoms with van der Waals surface area (Å²) in [6.45, 7) is 3.42. The van der Waals surface area contributed by atoms with E-state index in [1.807, 2.05) is 11.9 Å². The maximum atomic E-state index is 12.5. The number of carbonyl (C=O) groups excluding carboxylic acids is 1. The van der Waals surface area contributed by atoms with Gasteiger partial charge in [-0.2, -0.15) is 13.2 Å². The molecule has 1 aromatic rings. The van der Waals surface area contributed by atoms with Crippen LogP contribution >= 0.6 is 11.6 Å². The quantitative estimate of drug-likeness (QED) is 0.916. The lowest BCUT2D eigenvalue weighted by atomic mass is 10.2. The first-order chi connectivity index (χ1) is 10.3. The smallest absolute Gasteiger partial charge is 0.308 e. The van der Waals surface area contributed by atoms with Crippen molar-refractivity contribution in [2.45, 2.75) is 6.18 Å². The molecule has 0 bridgehead atoms. The maximum absolute atomic E-state index is 12.5. The summed E-state index contributed by atoms with van der Waals surface area (Å²) in [7, 11) is 2.00. The lowest BCUT2D eigenvalue weighted by Crippen LogP contribution is -2.47. The van der Waals surface area contributed by atoms with Crippen LogP contribution in [0.5, 0.6) is 0 Å². The third kappa shape index (κ3) is 4.56. The number of pyridine rings is 1. The van der Waals surface area contributed by atoms with Crippen LogP contribution in [-0.2, 0) is 11.0 Å². The first kappa shape index (κ1) is 17.0. The van der Waals surface area contributed by atoms with Crippen molar-refractivity contribution >= 4 is 23.3 Å². The van der Waals surface area contributed by atoms with Gasteiger partial charge in [-0.3, -0.25) is 9.69 Å². The normalized spacial score (nSPS) is 17.5. The average Bonchev–Trinajstić information content (AvgIpc) is 2.42. The Labute approximate surface area is 131 Å². The van der Waals surface area contributed by atoms with E-state index in [4.69, 9.17) is 11.6 Å². The van der Waals surface area contributed by atoms with Crippen molar-refractivity contribution in [3.8, 4) is 0 Å². The van der Waals surface area contributed by atoms with E-state index in [1.165, 1.54) is 0 Å². The van der Waals surface area contributed by atoms with E-state index in [0.717, 1.165) is 32.2 Å². The second-order valence-corrected chi connectivity index (χ2v) is 5.59. The molecule has 1 N–H and O–H groups in total. The third-order valence-electron chi connectivity index (χ3n) is 3.39. The monoisotopic (exact) mass is 336 g/mol. The van der Waals surface area contributed by atoms with Crippen molar-refractivity contribution in [3.05, 3.63) is 22.8 Å². The number of likely N-dealkylation sites (N-methyl/N-ethyl adjacent to an activating group) is 1. The number of carbonyl (C=O) groups is 1. The highest BCUT2D eigenvalue weighted by atomic mass is 35.5. The largest absolute Gasteiger partial charge is 0.417 e. The number of anilines is 1. The lowest BCUT2D eigenvalue weighted by molar-refractivity contribution is -0.137. The molecular formula is C13H16ClF3N4O. The van der Waals surface area contributed by atoms with Crippen LogP contribution in [0.1, 0.15) is 5.56 Å². The minimum atomic E-state index is -4.51. The zero-order valence-electron chi connectivity index (χ0n) is 12.0. The van der Waals surface area contributed by atoms with Crippen molar-refractivity contribution in [2.24, 2.45) is 0 Å². The number of aromatic nitrogens is 1. The Bertz CT molecular complexity index is 545. The van der Waals surface area contributed by atoms with E-state index in [-0.39, 0.29) is 23.3 Å². The van der Waals surface area contributed by atoms with Crippen molar-refractivity contribution in [3.63, 3.8) is 0 Å². The average molecular weight is 337 g/mol. The summed E-state index contributed by atoms with van der Waals surface area (Å²) in [6, 6.07) is 0.750. The topological polar surface area (TPSA) is 48.5 Å². The summed E-state index contributed by atoms with van der Waals surface area (Å²) >= 11 is 5.74. The van der Waals surface area contributed by atoms with Crippen LogP contribution in [0.4, 0.5) is 19.0 Å². The van der Waals surface area contributed by atoms with Crippen LogP contribution in [0, 0.1) is 0 Å². The fourth-order valence-electron chi connectivity index (χ4n) is 2.07. The van der Waals surface area contributed by atoms with Crippen molar-refractivity contribution in [1.29, 1.82) is 0 Å². The van der Waals surface area contributed by atoms with E-state index in [0.29, 0.717) is 6.20 Å². The van der Waals surface area contributed by atoms with Gasteiger partial charge in [-0.15, -0.1) is 0 Å². The molecule has 0 aliphatic carbocycles. The van der Waals surface area contributed by atoms with E-state index in [2.05, 4.69) is 15.2 Å². The fraction of sp³-hybridized carbons (Fsp3) is 0.538. The molecule has 0 saturated carbocycles. The molecule has 1 aromatic heterocycles. The zero-order valence-corrected chi connectivity index (χ0v) is 12.7. The molecule has 0 spiro atoms. The standard InChI is InChI=1S/C13H16ClF3N4O/c1-20-2-4-21(5-3-20)8-11(22)19-12-10(14)6-9(7-18-12)13(15,16)17/h6-7H,2-5,8H2,1H3,(H,18,19,22). The Morgan fingerprint density at radius 3 is 2.55 bits per heavy atom. The van der Waals surface area contributed by atoms with Gasteiger partial charge >= 0.3 is 6.18 Å². The Hall–Kier alpha value is -1.38. The van der Waals surface area contributed by atoms with Crippen LogP contribution in [0.3, 0.4) is 0 Å². The predicted molar refractivity (Wildman–Crippen MR) is 76.8 cm³/mol. The second-order valence-electron chi connectivity index (χ2n) is 5.18. The molecule has 2 heterocycles. The SMILES string of the molecule is CN1CCN(CC(=O)Nc2ncc(C(F)(F)F)cc2Cl)CC1. The number of hydrogen-bond donors (Lipinski definition) is 1. The van der Waals surface area contributed by atoms with Crippen LogP contribution in [0.25, 0.3) is 0 Å². The number of nitrogens with one attached hydrogen (secondary N) is 1. The van der Waals surface area contributed by atoms with Crippen LogP contribution < -0.4 is 5.32 Å².